The number of hydrogen-bond donors (Lipinski definition) is 1. The summed E-state index contributed by atoms with van der Waals surface area (Å²) in [4.78, 5) is 15.4. The molecule has 0 aliphatic carbocycles. The van der Waals surface area contributed by atoms with Crippen LogP contribution in [-0.4, -0.2) is 48.7 Å². The third-order valence-electron chi connectivity index (χ3n) is 5.70. The standard InChI is InChI=1S/C21H32N2O2/c1-15(2)20(22-19-9-11-25-12-10-19)21(24)23-14-18(13-16(23)3)17-7-5-4-6-8-17/h4-8,15-16,18-20,22H,9-14H2,1-3H3/t16-,18+,20+/m1/s1. The van der Waals surface area contributed by atoms with Crippen LogP contribution in [0.5, 0.6) is 0 Å². The molecule has 3 rings (SSSR count). The molecular weight excluding hydrogens is 312 g/mol. The van der Waals surface area contributed by atoms with E-state index in [-0.39, 0.29) is 11.9 Å². The first-order chi connectivity index (χ1) is 12.1. The molecule has 4 nitrogen and oxygen atoms in total. The lowest BCUT2D eigenvalue weighted by Crippen LogP contribution is -2.54. The lowest BCUT2D eigenvalue weighted by Gasteiger charge is -2.34. The van der Waals surface area contributed by atoms with Crippen LogP contribution in [0.1, 0.15) is 51.5 Å². The molecule has 25 heavy (non-hydrogen) atoms. The second kappa shape index (κ2) is 8.33. The van der Waals surface area contributed by atoms with Gasteiger partial charge in [0.15, 0.2) is 0 Å². The molecule has 1 N–H and O–H groups in total. The molecular formula is C21H32N2O2. The lowest BCUT2D eigenvalue weighted by atomic mass is 9.97. The van der Waals surface area contributed by atoms with Crippen molar-refractivity contribution in [2.45, 2.75) is 64.1 Å². The summed E-state index contributed by atoms with van der Waals surface area (Å²) in [5, 5.41) is 3.64. The van der Waals surface area contributed by atoms with Gasteiger partial charge in [0.1, 0.15) is 0 Å². The van der Waals surface area contributed by atoms with Crippen LogP contribution in [0.15, 0.2) is 30.3 Å². The quantitative estimate of drug-likeness (QED) is 0.892. The highest BCUT2D eigenvalue weighted by molar-refractivity contribution is 5.83. The molecule has 1 aromatic carbocycles. The van der Waals surface area contributed by atoms with E-state index in [1.807, 2.05) is 0 Å². The lowest BCUT2D eigenvalue weighted by molar-refractivity contribution is -0.135. The average Bonchev–Trinajstić information content (AvgIpc) is 3.02. The van der Waals surface area contributed by atoms with Crippen LogP contribution in [0.3, 0.4) is 0 Å². The predicted octanol–water partition coefficient (Wildman–Crippen LogP) is 3.18. The molecule has 2 fully saturated rings. The monoisotopic (exact) mass is 344 g/mol. The molecule has 2 heterocycles. The first-order valence-electron chi connectivity index (χ1n) is 9.75. The summed E-state index contributed by atoms with van der Waals surface area (Å²) in [7, 11) is 0. The summed E-state index contributed by atoms with van der Waals surface area (Å²) in [5.41, 5.74) is 1.35. The zero-order chi connectivity index (χ0) is 17.8. The summed E-state index contributed by atoms with van der Waals surface area (Å²) in [6.07, 6.45) is 3.05. The van der Waals surface area contributed by atoms with Crippen molar-refractivity contribution in [1.29, 1.82) is 0 Å². The van der Waals surface area contributed by atoms with E-state index in [1.165, 1.54) is 5.56 Å². The largest absolute Gasteiger partial charge is 0.381 e. The van der Waals surface area contributed by atoms with Gasteiger partial charge in [-0.15, -0.1) is 0 Å². The molecule has 2 aliphatic heterocycles. The van der Waals surface area contributed by atoms with Gasteiger partial charge in [-0.3, -0.25) is 4.79 Å². The van der Waals surface area contributed by atoms with Crippen LogP contribution in [0, 0.1) is 5.92 Å². The number of nitrogens with zero attached hydrogens (tertiary/aromatic N) is 1. The van der Waals surface area contributed by atoms with Crippen LogP contribution in [0.25, 0.3) is 0 Å². The maximum Gasteiger partial charge on any atom is 0.240 e. The SMILES string of the molecule is CC(C)[C@H](NC1CCOCC1)C(=O)N1C[C@@H](c2ccccc2)C[C@H]1C. The Balaban J connectivity index is 1.66. The number of ether oxygens (including phenoxy) is 1. The van der Waals surface area contributed by atoms with Crippen LogP contribution in [-0.2, 0) is 9.53 Å². The number of carbonyl (C=O) groups is 1. The van der Waals surface area contributed by atoms with Crippen LogP contribution >= 0.6 is 0 Å². The van der Waals surface area contributed by atoms with Crippen molar-refractivity contribution in [1.82, 2.24) is 10.2 Å². The zero-order valence-corrected chi connectivity index (χ0v) is 15.8. The Hall–Kier alpha value is -1.39. The molecule has 0 spiro atoms. The van der Waals surface area contributed by atoms with Gasteiger partial charge in [-0.25, -0.2) is 0 Å². The van der Waals surface area contributed by atoms with Gasteiger partial charge in [0.05, 0.1) is 6.04 Å². The summed E-state index contributed by atoms with van der Waals surface area (Å²) >= 11 is 0. The molecule has 3 atom stereocenters. The van der Waals surface area contributed by atoms with E-state index < -0.39 is 0 Å². The number of benzene rings is 1. The van der Waals surface area contributed by atoms with Crippen molar-refractivity contribution in [3.05, 3.63) is 35.9 Å². The van der Waals surface area contributed by atoms with Gasteiger partial charge >= 0.3 is 0 Å². The zero-order valence-electron chi connectivity index (χ0n) is 15.8. The Morgan fingerprint density at radius 3 is 2.52 bits per heavy atom. The fourth-order valence-electron chi connectivity index (χ4n) is 4.15. The molecule has 0 radical (unpaired) electrons. The van der Waals surface area contributed by atoms with Crippen molar-refractivity contribution >= 4 is 5.91 Å². The molecule has 138 valence electrons. The van der Waals surface area contributed by atoms with Crippen LogP contribution in [0.2, 0.25) is 0 Å². The highest BCUT2D eigenvalue weighted by Crippen LogP contribution is 2.32. The molecule has 0 aromatic heterocycles. The van der Waals surface area contributed by atoms with Gasteiger partial charge < -0.3 is 15.0 Å². The fraction of sp³-hybridized carbons (Fsp3) is 0.667. The van der Waals surface area contributed by atoms with E-state index in [0.29, 0.717) is 23.9 Å². The van der Waals surface area contributed by atoms with E-state index in [9.17, 15) is 4.79 Å². The fourth-order valence-corrected chi connectivity index (χ4v) is 4.15. The molecule has 2 aliphatic rings. The predicted molar refractivity (Wildman–Crippen MR) is 101 cm³/mol. The van der Waals surface area contributed by atoms with Gasteiger partial charge in [-0.1, -0.05) is 44.2 Å². The van der Waals surface area contributed by atoms with Crippen molar-refractivity contribution in [2.75, 3.05) is 19.8 Å². The highest BCUT2D eigenvalue weighted by Gasteiger charge is 2.37. The third kappa shape index (κ3) is 4.42. The first-order valence-corrected chi connectivity index (χ1v) is 9.75. The molecule has 4 heteroatoms. The number of rotatable bonds is 5. The van der Waals surface area contributed by atoms with E-state index in [2.05, 4.69) is 61.3 Å². The second-order valence-corrected chi connectivity index (χ2v) is 7.96. The molecule has 1 aromatic rings. The topological polar surface area (TPSA) is 41.6 Å². The first kappa shape index (κ1) is 18.4. The second-order valence-electron chi connectivity index (χ2n) is 7.96. The minimum Gasteiger partial charge on any atom is -0.381 e. The molecule has 0 unspecified atom stereocenters. The van der Waals surface area contributed by atoms with E-state index in [0.717, 1.165) is 39.0 Å². The summed E-state index contributed by atoms with van der Waals surface area (Å²) in [6.45, 7) is 8.91. The molecule has 1 amide bonds. The molecule has 2 saturated heterocycles. The Labute approximate surface area is 151 Å². The normalized spacial score (nSPS) is 26.2. The number of carbonyl (C=O) groups excluding carboxylic acids is 1. The number of likely N-dealkylation sites (tertiary alicyclic amines) is 1. The minimum absolute atomic E-state index is 0.0972. The van der Waals surface area contributed by atoms with Gasteiger partial charge in [-0.2, -0.15) is 0 Å². The van der Waals surface area contributed by atoms with Crippen molar-refractivity contribution in [3.63, 3.8) is 0 Å². The summed E-state index contributed by atoms with van der Waals surface area (Å²) in [5.74, 6) is 1.02. The Morgan fingerprint density at radius 1 is 1.20 bits per heavy atom. The molecule has 0 bridgehead atoms. The van der Waals surface area contributed by atoms with Crippen molar-refractivity contribution in [3.8, 4) is 0 Å². The minimum atomic E-state index is -0.0972. The van der Waals surface area contributed by atoms with Gasteiger partial charge in [0, 0.05) is 37.8 Å². The van der Waals surface area contributed by atoms with E-state index >= 15 is 0 Å². The Bertz CT molecular complexity index is 554. The highest BCUT2D eigenvalue weighted by atomic mass is 16.5. The summed E-state index contributed by atoms with van der Waals surface area (Å²) < 4.78 is 5.45. The number of hydrogen-bond acceptors (Lipinski definition) is 3. The average molecular weight is 344 g/mol. The third-order valence-corrected chi connectivity index (χ3v) is 5.70. The number of nitrogens with one attached hydrogen (secondary N) is 1. The maximum atomic E-state index is 13.3. The van der Waals surface area contributed by atoms with Gasteiger partial charge in [-0.05, 0) is 37.7 Å². The van der Waals surface area contributed by atoms with Crippen LogP contribution < -0.4 is 5.32 Å². The number of amides is 1. The van der Waals surface area contributed by atoms with Crippen molar-refractivity contribution in [2.24, 2.45) is 5.92 Å². The van der Waals surface area contributed by atoms with Crippen molar-refractivity contribution < 1.29 is 9.53 Å². The van der Waals surface area contributed by atoms with E-state index in [4.69, 9.17) is 4.74 Å². The van der Waals surface area contributed by atoms with Gasteiger partial charge in [0.25, 0.3) is 0 Å². The smallest absolute Gasteiger partial charge is 0.240 e. The Morgan fingerprint density at radius 2 is 1.88 bits per heavy atom. The van der Waals surface area contributed by atoms with Gasteiger partial charge in [0.2, 0.25) is 5.91 Å². The maximum absolute atomic E-state index is 13.3. The van der Waals surface area contributed by atoms with Crippen LogP contribution in [0.4, 0.5) is 0 Å². The van der Waals surface area contributed by atoms with E-state index in [1.54, 1.807) is 0 Å². The Kier molecular flexibility index (Phi) is 6.13. The summed E-state index contributed by atoms with van der Waals surface area (Å²) in [6, 6.07) is 11.2. The molecule has 0 saturated carbocycles.